The van der Waals surface area contributed by atoms with E-state index in [9.17, 15) is 13.2 Å². The van der Waals surface area contributed by atoms with E-state index in [4.69, 9.17) is 4.74 Å². The van der Waals surface area contributed by atoms with Gasteiger partial charge in [-0.25, -0.2) is 8.42 Å². The molecular weight excluding hydrogens is 334 g/mol. The third-order valence-corrected chi connectivity index (χ3v) is 3.87. The molecule has 1 atom stereocenters. The first-order valence-electron chi connectivity index (χ1n) is 7.26. The number of nitrogens with zero attached hydrogens (tertiary/aromatic N) is 3. The molecule has 1 aromatic carbocycles. The van der Waals surface area contributed by atoms with Crippen molar-refractivity contribution in [2.45, 2.75) is 26.0 Å². The summed E-state index contributed by atoms with van der Waals surface area (Å²) in [4.78, 5) is 13.2. The summed E-state index contributed by atoms with van der Waals surface area (Å²) in [6, 6.07) is 5.47. The minimum absolute atomic E-state index is 0.0639. The second-order valence-electron chi connectivity index (χ2n) is 5.64. The number of rotatable bonds is 5. The van der Waals surface area contributed by atoms with Crippen LogP contribution in [0.4, 0.5) is 11.5 Å². The van der Waals surface area contributed by atoms with Gasteiger partial charge in [0, 0.05) is 12.1 Å². The van der Waals surface area contributed by atoms with E-state index < -0.39 is 10.0 Å². The fraction of sp³-hybridized carbons (Fsp3) is 0.357. The van der Waals surface area contributed by atoms with Gasteiger partial charge in [0.05, 0.1) is 12.5 Å². The average molecular weight is 351 g/mol. The maximum absolute atomic E-state index is 12.1. The first-order chi connectivity index (χ1) is 11.3. The number of anilines is 2. The number of carbonyl (C=O) groups is 1. The number of carbonyl (C=O) groups excluding carboxylic acids is 1. The highest BCUT2D eigenvalue weighted by Gasteiger charge is 2.19. The van der Waals surface area contributed by atoms with Gasteiger partial charge < -0.3 is 10.1 Å². The predicted molar refractivity (Wildman–Crippen MR) is 87.4 cm³/mol. The highest BCUT2D eigenvalue weighted by atomic mass is 32.2. The smallest absolute Gasteiger partial charge is 0.247 e. The Bertz CT molecular complexity index is 877. The van der Waals surface area contributed by atoms with Crippen LogP contribution in [0.25, 0.3) is 0 Å². The van der Waals surface area contributed by atoms with Gasteiger partial charge >= 0.3 is 0 Å². The van der Waals surface area contributed by atoms with Crippen LogP contribution in [0.2, 0.25) is 0 Å². The van der Waals surface area contributed by atoms with Gasteiger partial charge in [-0.05, 0) is 30.7 Å². The summed E-state index contributed by atoms with van der Waals surface area (Å²) in [6.45, 7) is 1.86. The molecule has 9 nitrogen and oxygen atoms in total. The van der Waals surface area contributed by atoms with Gasteiger partial charge in [-0.3, -0.25) is 9.52 Å². The molecule has 1 unspecified atom stereocenters. The number of aromatic nitrogens is 3. The Hall–Kier alpha value is -2.62. The molecule has 24 heavy (non-hydrogen) atoms. The fourth-order valence-corrected chi connectivity index (χ4v) is 2.91. The zero-order chi connectivity index (χ0) is 17.3. The first-order valence-corrected chi connectivity index (χ1v) is 9.15. The number of ether oxygens (including phenoxy) is 1. The third kappa shape index (κ3) is 4.02. The molecular formula is C14H17N5O4S. The van der Waals surface area contributed by atoms with E-state index in [2.05, 4.69) is 20.2 Å². The van der Waals surface area contributed by atoms with E-state index in [0.717, 1.165) is 28.8 Å². The maximum atomic E-state index is 12.1. The lowest BCUT2D eigenvalue weighted by molar-refractivity contribution is -0.117. The van der Waals surface area contributed by atoms with E-state index in [-0.39, 0.29) is 24.4 Å². The second-order valence-corrected chi connectivity index (χ2v) is 7.39. The summed E-state index contributed by atoms with van der Waals surface area (Å²) in [5.41, 5.74) is 1.72. The van der Waals surface area contributed by atoms with Gasteiger partial charge in [-0.1, -0.05) is 0 Å². The minimum atomic E-state index is -3.43. The van der Waals surface area contributed by atoms with Crippen molar-refractivity contribution in [2.24, 2.45) is 0 Å². The Morgan fingerprint density at radius 3 is 3.00 bits per heavy atom. The zero-order valence-electron chi connectivity index (χ0n) is 13.2. The number of sulfonamides is 1. The highest BCUT2D eigenvalue weighted by molar-refractivity contribution is 7.92. The number of hydrogen-bond acceptors (Lipinski definition) is 6. The van der Waals surface area contributed by atoms with Crippen molar-refractivity contribution in [3.05, 3.63) is 30.0 Å². The van der Waals surface area contributed by atoms with Crippen LogP contribution in [-0.4, -0.2) is 41.7 Å². The van der Waals surface area contributed by atoms with Crippen LogP contribution >= 0.6 is 0 Å². The van der Waals surface area contributed by atoms with Crippen LogP contribution in [0.15, 0.2) is 24.4 Å². The quantitative estimate of drug-likeness (QED) is 0.815. The van der Waals surface area contributed by atoms with E-state index in [1.54, 1.807) is 6.07 Å². The van der Waals surface area contributed by atoms with Crippen LogP contribution in [0, 0.1) is 0 Å². The van der Waals surface area contributed by atoms with Crippen LogP contribution < -0.4 is 14.8 Å². The highest BCUT2D eigenvalue weighted by Crippen LogP contribution is 2.30. The molecule has 2 aromatic rings. The third-order valence-electron chi connectivity index (χ3n) is 3.29. The van der Waals surface area contributed by atoms with Gasteiger partial charge in [0.15, 0.2) is 5.82 Å². The van der Waals surface area contributed by atoms with Crippen molar-refractivity contribution in [3.63, 3.8) is 0 Å². The number of amides is 1. The lowest BCUT2D eigenvalue weighted by atomic mass is 10.1. The van der Waals surface area contributed by atoms with Gasteiger partial charge in [0.1, 0.15) is 18.4 Å². The summed E-state index contributed by atoms with van der Waals surface area (Å²) >= 11 is 0. The molecule has 128 valence electrons. The number of benzene rings is 1. The molecule has 10 heteroatoms. The molecule has 0 bridgehead atoms. The van der Waals surface area contributed by atoms with Crippen molar-refractivity contribution in [3.8, 4) is 5.75 Å². The number of hydrogen-bond donors (Lipinski definition) is 2. The molecule has 0 saturated heterocycles. The van der Waals surface area contributed by atoms with Crippen molar-refractivity contribution < 1.29 is 17.9 Å². The van der Waals surface area contributed by atoms with E-state index >= 15 is 0 Å². The van der Waals surface area contributed by atoms with Gasteiger partial charge in [-0.2, -0.15) is 9.90 Å². The molecule has 0 radical (unpaired) electrons. The first kappa shape index (κ1) is 16.2. The van der Waals surface area contributed by atoms with E-state index in [1.807, 2.05) is 19.1 Å². The van der Waals surface area contributed by atoms with Gasteiger partial charge in [0.25, 0.3) is 0 Å². The summed E-state index contributed by atoms with van der Waals surface area (Å²) in [5, 5.41) is 10.5. The van der Waals surface area contributed by atoms with Crippen molar-refractivity contribution in [2.75, 3.05) is 16.3 Å². The largest absolute Gasteiger partial charge is 0.490 e. The predicted octanol–water partition coefficient (Wildman–Crippen LogP) is 0.612. The van der Waals surface area contributed by atoms with Crippen molar-refractivity contribution in [1.82, 2.24) is 15.0 Å². The average Bonchev–Trinajstić information content (AvgIpc) is 3.01. The molecule has 1 aromatic heterocycles. The van der Waals surface area contributed by atoms with Crippen LogP contribution in [0.1, 0.15) is 12.5 Å². The Labute approximate surface area is 139 Å². The summed E-state index contributed by atoms with van der Waals surface area (Å²) in [6.07, 6.45) is 3.19. The molecule has 0 saturated carbocycles. The van der Waals surface area contributed by atoms with E-state index in [0.29, 0.717) is 5.69 Å². The molecule has 0 aliphatic carbocycles. The van der Waals surface area contributed by atoms with Crippen LogP contribution in [0.5, 0.6) is 5.75 Å². The monoisotopic (exact) mass is 351 g/mol. The standard InChI is InChI=1S/C14H17N5O4S/c1-9-5-10-6-11(3-4-12(10)23-9)16-14(20)8-19-15-7-13(17-19)18-24(2,21)22/h3-4,6-7,9H,5,8H2,1-2H3,(H,16,20)(H,17,18). The Balaban J connectivity index is 1.61. The Morgan fingerprint density at radius 1 is 1.46 bits per heavy atom. The fourth-order valence-electron chi connectivity index (χ4n) is 2.44. The molecule has 0 spiro atoms. The summed E-state index contributed by atoms with van der Waals surface area (Å²) < 4.78 is 30.0. The van der Waals surface area contributed by atoms with E-state index in [1.165, 1.54) is 6.20 Å². The second kappa shape index (κ2) is 6.11. The molecule has 1 aliphatic rings. The van der Waals surface area contributed by atoms with Crippen molar-refractivity contribution in [1.29, 1.82) is 0 Å². The van der Waals surface area contributed by atoms with Crippen LogP contribution in [0.3, 0.4) is 0 Å². The summed E-state index contributed by atoms with van der Waals surface area (Å²) in [7, 11) is -3.43. The number of nitrogens with one attached hydrogen (secondary N) is 2. The van der Waals surface area contributed by atoms with Gasteiger partial charge in [0.2, 0.25) is 15.9 Å². The topological polar surface area (TPSA) is 115 Å². The molecule has 1 amide bonds. The maximum Gasteiger partial charge on any atom is 0.247 e. The minimum Gasteiger partial charge on any atom is -0.490 e. The lowest BCUT2D eigenvalue weighted by Gasteiger charge is -2.06. The lowest BCUT2D eigenvalue weighted by Crippen LogP contribution is -2.20. The molecule has 2 N–H and O–H groups in total. The van der Waals surface area contributed by atoms with Gasteiger partial charge in [-0.15, -0.1) is 5.10 Å². The zero-order valence-corrected chi connectivity index (χ0v) is 14.0. The normalized spacial score (nSPS) is 16.3. The Morgan fingerprint density at radius 2 is 2.25 bits per heavy atom. The molecule has 3 rings (SSSR count). The SMILES string of the molecule is CC1Cc2cc(NC(=O)Cn3ncc(NS(C)(=O)=O)n3)ccc2O1. The molecule has 2 heterocycles. The van der Waals surface area contributed by atoms with Crippen LogP contribution in [-0.2, 0) is 27.8 Å². The van der Waals surface area contributed by atoms with Crippen molar-refractivity contribution >= 4 is 27.4 Å². The molecule has 1 aliphatic heterocycles. The Kier molecular flexibility index (Phi) is 4.14. The number of fused-ring (bicyclic) bond motifs is 1. The summed E-state index contributed by atoms with van der Waals surface area (Å²) in [5.74, 6) is 0.586. The molecule has 0 fully saturated rings.